The average Bonchev–Trinajstić information content (AvgIpc) is 3.35. The van der Waals surface area contributed by atoms with Crippen LogP contribution in [0.15, 0.2) is 30.6 Å². The molecule has 1 fully saturated rings. The number of carbonyl (C=O) groups is 1. The van der Waals surface area contributed by atoms with Crippen LogP contribution in [0.2, 0.25) is 0 Å². The van der Waals surface area contributed by atoms with Crippen molar-refractivity contribution in [3.63, 3.8) is 0 Å². The second-order valence-electron chi connectivity index (χ2n) is 6.93. The van der Waals surface area contributed by atoms with Gasteiger partial charge in [0.25, 0.3) is 0 Å². The van der Waals surface area contributed by atoms with Gasteiger partial charge in [0.2, 0.25) is 12.7 Å². The lowest BCUT2D eigenvalue weighted by atomic mass is 10.2. The summed E-state index contributed by atoms with van der Waals surface area (Å²) in [7, 11) is 3.80. The van der Waals surface area contributed by atoms with Gasteiger partial charge in [0, 0.05) is 33.6 Å². The molecule has 0 radical (unpaired) electrons. The molecule has 3 heterocycles. The number of amides is 2. The molecule has 1 aromatic carbocycles. The molecule has 9 heteroatoms. The maximum Gasteiger partial charge on any atom is 0.317 e. The lowest BCUT2D eigenvalue weighted by Gasteiger charge is -2.18. The molecule has 2 aliphatic heterocycles. The van der Waals surface area contributed by atoms with Crippen molar-refractivity contribution in [3.8, 4) is 17.4 Å². The van der Waals surface area contributed by atoms with Gasteiger partial charge in [-0.3, -0.25) is 4.98 Å². The number of hydrogen-bond acceptors (Lipinski definition) is 7. The number of hydrogen-bond donors (Lipinski definition) is 1. The van der Waals surface area contributed by atoms with Crippen LogP contribution in [0.5, 0.6) is 17.4 Å². The molecule has 2 aromatic rings. The van der Waals surface area contributed by atoms with E-state index >= 15 is 0 Å². The second kappa shape index (κ2) is 7.79. The topological polar surface area (TPSA) is 89.1 Å². The summed E-state index contributed by atoms with van der Waals surface area (Å²) in [6.07, 6.45) is 3.93. The number of nitrogens with one attached hydrogen (secondary N) is 1. The maximum absolute atomic E-state index is 12.5. The van der Waals surface area contributed by atoms with Crippen LogP contribution in [0.1, 0.15) is 12.0 Å². The number of fused-ring (bicyclic) bond motifs is 1. The fourth-order valence-electron chi connectivity index (χ4n) is 3.13. The van der Waals surface area contributed by atoms with E-state index in [0.29, 0.717) is 31.3 Å². The Kier molecular flexibility index (Phi) is 5.05. The zero-order chi connectivity index (χ0) is 19.5. The first-order valence-corrected chi connectivity index (χ1v) is 9.16. The summed E-state index contributed by atoms with van der Waals surface area (Å²) in [4.78, 5) is 24.6. The van der Waals surface area contributed by atoms with Gasteiger partial charge in [0.05, 0.1) is 18.9 Å². The molecule has 0 bridgehead atoms. The van der Waals surface area contributed by atoms with Gasteiger partial charge < -0.3 is 29.3 Å². The number of nitrogens with zero attached hydrogens (tertiary/aromatic N) is 4. The summed E-state index contributed by atoms with van der Waals surface area (Å²) < 4.78 is 16.6. The number of aromatic nitrogens is 2. The van der Waals surface area contributed by atoms with Crippen LogP contribution in [-0.4, -0.2) is 61.0 Å². The summed E-state index contributed by atoms with van der Waals surface area (Å²) >= 11 is 0. The molecular formula is C19H23N5O4. The largest absolute Gasteiger partial charge is 0.471 e. The Morgan fingerprint density at radius 2 is 2.18 bits per heavy atom. The van der Waals surface area contributed by atoms with Gasteiger partial charge in [-0.05, 0) is 17.7 Å². The number of likely N-dealkylation sites (tertiary alicyclic amines) is 1. The Labute approximate surface area is 163 Å². The van der Waals surface area contributed by atoms with Crippen molar-refractivity contribution < 1.29 is 19.0 Å². The first-order chi connectivity index (χ1) is 13.6. The van der Waals surface area contributed by atoms with Crippen molar-refractivity contribution in [3.05, 3.63) is 36.2 Å². The van der Waals surface area contributed by atoms with Crippen molar-refractivity contribution in [1.82, 2.24) is 20.2 Å². The molecule has 0 unspecified atom stereocenters. The van der Waals surface area contributed by atoms with Crippen LogP contribution in [0, 0.1) is 0 Å². The SMILES string of the molecule is CN(C)c1cncc(O[C@@H]2CCN(C(=O)NCc3ccc4c(c3)OCO4)C2)n1. The van der Waals surface area contributed by atoms with E-state index in [-0.39, 0.29) is 18.9 Å². The smallest absolute Gasteiger partial charge is 0.317 e. The molecule has 1 atom stereocenters. The van der Waals surface area contributed by atoms with Gasteiger partial charge in [0.15, 0.2) is 17.3 Å². The van der Waals surface area contributed by atoms with Crippen LogP contribution in [0.3, 0.4) is 0 Å². The van der Waals surface area contributed by atoms with Gasteiger partial charge in [-0.2, -0.15) is 4.98 Å². The molecule has 1 saturated heterocycles. The van der Waals surface area contributed by atoms with Gasteiger partial charge >= 0.3 is 6.03 Å². The molecule has 0 saturated carbocycles. The minimum Gasteiger partial charge on any atom is -0.471 e. The number of carbonyl (C=O) groups excluding carboxylic acids is 1. The molecule has 2 amide bonds. The monoisotopic (exact) mass is 385 g/mol. The van der Waals surface area contributed by atoms with Gasteiger partial charge in [0.1, 0.15) is 6.10 Å². The average molecular weight is 385 g/mol. The van der Waals surface area contributed by atoms with Crippen LogP contribution in [0.25, 0.3) is 0 Å². The van der Waals surface area contributed by atoms with Crippen molar-refractivity contribution >= 4 is 11.8 Å². The van der Waals surface area contributed by atoms with Crippen LogP contribution in [-0.2, 0) is 6.54 Å². The van der Waals surface area contributed by atoms with Crippen molar-refractivity contribution in [2.75, 3.05) is 38.9 Å². The first-order valence-electron chi connectivity index (χ1n) is 9.16. The highest BCUT2D eigenvalue weighted by Crippen LogP contribution is 2.32. The predicted octanol–water partition coefficient (Wildman–Crippen LogP) is 1.63. The molecule has 1 aromatic heterocycles. The molecular weight excluding hydrogens is 362 g/mol. The molecule has 0 spiro atoms. The highest BCUT2D eigenvalue weighted by atomic mass is 16.7. The number of anilines is 1. The minimum absolute atomic E-state index is 0.0944. The Morgan fingerprint density at radius 1 is 1.32 bits per heavy atom. The third kappa shape index (κ3) is 4.03. The quantitative estimate of drug-likeness (QED) is 0.837. The summed E-state index contributed by atoms with van der Waals surface area (Å²) in [6, 6.07) is 5.54. The lowest BCUT2D eigenvalue weighted by Crippen LogP contribution is -2.39. The summed E-state index contributed by atoms with van der Waals surface area (Å²) in [5, 5.41) is 2.94. The summed E-state index contributed by atoms with van der Waals surface area (Å²) in [5.41, 5.74) is 0.959. The zero-order valence-corrected chi connectivity index (χ0v) is 15.9. The molecule has 9 nitrogen and oxygen atoms in total. The molecule has 2 aliphatic rings. The molecule has 28 heavy (non-hydrogen) atoms. The van der Waals surface area contributed by atoms with E-state index in [9.17, 15) is 4.79 Å². The molecule has 1 N–H and O–H groups in total. The molecule has 0 aliphatic carbocycles. The highest BCUT2D eigenvalue weighted by molar-refractivity contribution is 5.74. The number of urea groups is 1. The van der Waals surface area contributed by atoms with Gasteiger partial charge in [-0.15, -0.1) is 0 Å². The predicted molar refractivity (Wildman–Crippen MR) is 102 cm³/mol. The van der Waals surface area contributed by atoms with E-state index in [2.05, 4.69) is 15.3 Å². The van der Waals surface area contributed by atoms with E-state index in [0.717, 1.165) is 23.6 Å². The third-order valence-electron chi connectivity index (χ3n) is 4.66. The normalized spacial score (nSPS) is 17.5. The Bertz CT molecular complexity index is 860. The highest BCUT2D eigenvalue weighted by Gasteiger charge is 2.28. The van der Waals surface area contributed by atoms with E-state index in [1.165, 1.54) is 0 Å². The van der Waals surface area contributed by atoms with Crippen molar-refractivity contribution in [1.29, 1.82) is 0 Å². The third-order valence-corrected chi connectivity index (χ3v) is 4.66. The number of rotatable bonds is 5. The van der Waals surface area contributed by atoms with E-state index in [1.807, 2.05) is 37.2 Å². The minimum atomic E-state index is -0.114. The molecule has 148 valence electrons. The van der Waals surface area contributed by atoms with Crippen molar-refractivity contribution in [2.45, 2.75) is 19.1 Å². The van der Waals surface area contributed by atoms with Crippen LogP contribution in [0.4, 0.5) is 10.6 Å². The van der Waals surface area contributed by atoms with E-state index in [1.54, 1.807) is 17.3 Å². The number of benzene rings is 1. The lowest BCUT2D eigenvalue weighted by molar-refractivity contribution is 0.174. The first kappa shape index (κ1) is 18.1. The number of ether oxygens (including phenoxy) is 3. The van der Waals surface area contributed by atoms with Crippen LogP contribution < -0.4 is 24.4 Å². The van der Waals surface area contributed by atoms with E-state index < -0.39 is 0 Å². The summed E-state index contributed by atoms with van der Waals surface area (Å²) in [5.74, 6) is 2.64. The Balaban J connectivity index is 1.28. The fourth-order valence-corrected chi connectivity index (χ4v) is 3.13. The fraction of sp³-hybridized carbons (Fsp3) is 0.421. The zero-order valence-electron chi connectivity index (χ0n) is 15.9. The van der Waals surface area contributed by atoms with Crippen LogP contribution >= 0.6 is 0 Å². The Morgan fingerprint density at radius 3 is 3.04 bits per heavy atom. The van der Waals surface area contributed by atoms with Gasteiger partial charge in [-0.1, -0.05) is 6.07 Å². The summed E-state index contributed by atoms with van der Waals surface area (Å²) in [6.45, 7) is 1.81. The second-order valence-corrected chi connectivity index (χ2v) is 6.93. The van der Waals surface area contributed by atoms with Gasteiger partial charge in [-0.25, -0.2) is 4.79 Å². The molecule has 4 rings (SSSR count). The standard InChI is InChI=1S/C19H23N5O4/c1-23(2)17-9-20-10-18(22-17)28-14-5-6-24(11-14)19(25)21-8-13-3-4-15-16(7-13)27-12-26-15/h3-4,7,9-10,14H,5-6,8,11-12H2,1-2H3,(H,21,25)/t14-/m1/s1. The Hall–Kier alpha value is -3.23. The van der Waals surface area contributed by atoms with E-state index in [4.69, 9.17) is 14.2 Å². The maximum atomic E-state index is 12.5. The van der Waals surface area contributed by atoms with Crippen molar-refractivity contribution in [2.24, 2.45) is 0 Å².